The van der Waals surface area contributed by atoms with Crippen LogP contribution in [-0.2, 0) is 9.59 Å². The summed E-state index contributed by atoms with van der Waals surface area (Å²) in [5, 5.41) is 6.97. The third-order valence-corrected chi connectivity index (χ3v) is 19.9. The van der Waals surface area contributed by atoms with Gasteiger partial charge in [0.05, 0.1) is 22.3 Å². The molecule has 0 aliphatic carbocycles. The Labute approximate surface area is 522 Å². The fourth-order valence-electron chi connectivity index (χ4n) is 12.1. The lowest BCUT2D eigenvalue weighted by atomic mass is 9.84. The topological polar surface area (TPSA) is 211 Å². The standard InChI is InChI=1S/C65H83N7O10S4/c1-12-18-20-22-24-66-56(73)42(30-36(7)8)71-60(77)40-34-44(83-14-3)52-48-38(32-46(85-16-5)54(50(40)48)64(71)81)58(75)69(62(52)79)28-26-68(11)27-29-70-59(76)39-33-47(86-17-6)55-51-41(35-45(84-15-4)53(49(39)51)63(70)80)61(78)72(65(55)82)43(31-37(9)10)57(74)67-25-23-21-19-13-2/h32-37,42-43H,12-31H2,1-11H3,(H,66,73)(H,67,74). The molecule has 21 heteroatoms. The summed E-state index contributed by atoms with van der Waals surface area (Å²) in [4.78, 5) is 156. The molecule has 10 amide bonds. The molecule has 0 saturated carbocycles. The van der Waals surface area contributed by atoms with Gasteiger partial charge in [0.25, 0.3) is 47.3 Å². The Hall–Kier alpha value is -5.74. The predicted octanol–water partition coefficient (Wildman–Crippen LogP) is 11.7. The van der Waals surface area contributed by atoms with Crippen LogP contribution in [0.2, 0.25) is 0 Å². The van der Waals surface area contributed by atoms with E-state index < -0.39 is 71.2 Å². The molecule has 8 rings (SSSR count). The molecule has 2 atom stereocenters. The van der Waals surface area contributed by atoms with Gasteiger partial charge in [0, 0.05) is 103 Å². The first-order valence-corrected chi connectivity index (χ1v) is 34.8. The van der Waals surface area contributed by atoms with Gasteiger partial charge in [-0.25, -0.2) is 0 Å². The molecule has 4 aliphatic heterocycles. The zero-order valence-corrected chi connectivity index (χ0v) is 55.0. The quantitative estimate of drug-likeness (QED) is 0.0265. The highest BCUT2D eigenvalue weighted by atomic mass is 32.2. The molecule has 86 heavy (non-hydrogen) atoms. The van der Waals surface area contributed by atoms with Crippen molar-refractivity contribution >= 4 is 128 Å². The average molecular weight is 1250 g/mol. The van der Waals surface area contributed by atoms with Crippen molar-refractivity contribution in [2.75, 3.05) is 69.3 Å². The van der Waals surface area contributed by atoms with Gasteiger partial charge in [-0.3, -0.25) is 67.5 Å². The number of benzene rings is 4. The van der Waals surface area contributed by atoms with Gasteiger partial charge in [0.2, 0.25) is 11.8 Å². The molecule has 4 heterocycles. The fraction of sp³-hybridized carbons (Fsp3) is 0.538. The SMILES string of the molecule is CCCCCCNC(=O)C(CC(C)C)N1C(=O)c2cc(SCC)c3c4c(cc(SCC)c(c24)C1=O)C(=O)N(CCN(C)CCN1C(=O)c2cc(SCC)c4c5c(cc(SCC)c(c25)C1=O)C(=O)N(C(CC(C)C)C(=O)NCCCCCC)C4=O)C3=O. The first-order valence-electron chi connectivity index (χ1n) is 30.8. The van der Waals surface area contributed by atoms with Gasteiger partial charge < -0.3 is 15.5 Å². The van der Waals surface area contributed by atoms with Crippen LogP contribution in [0.5, 0.6) is 0 Å². The van der Waals surface area contributed by atoms with E-state index in [0.717, 1.165) is 61.2 Å². The molecule has 0 fully saturated rings. The predicted molar refractivity (Wildman–Crippen MR) is 344 cm³/mol. The Kier molecular flexibility index (Phi) is 22.4. The van der Waals surface area contributed by atoms with Crippen molar-refractivity contribution in [1.29, 1.82) is 0 Å². The lowest BCUT2D eigenvalue weighted by molar-refractivity contribution is -0.126. The van der Waals surface area contributed by atoms with E-state index in [2.05, 4.69) is 24.5 Å². The van der Waals surface area contributed by atoms with Gasteiger partial charge in [-0.2, -0.15) is 0 Å². The Bertz CT molecular complexity index is 3180. The number of carbonyl (C=O) groups is 10. The molecule has 2 N–H and O–H groups in total. The Balaban J connectivity index is 1.07. The summed E-state index contributed by atoms with van der Waals surface area (Å²) in [6.45, 7) is 20.6. The van der Waals surface area contributed by atoms with Gasteiger partial charge in [-0.1, -0.05) is 108 Å². The molecule has 0 radical (unpaired) electrons. The number of hydrogen-bond acceptors (Lipinski definition) is 15. The number of likely N-dealkylation sites (N-methyl/N-ethyl adjacent to an activating group) is 1. The first kappa shape index (κ1) is 66.2. The van der Waals surface area contributed by atoms with Crippen LogP contribution < -0.4 is 10.6 Å². The van der Waals surface area contributed by atoms with E-state index in [0.29, 0.717) is 55.7 Å². The van der Waals surface area contributed by atoms with Crippen molar-refractivity contribution in [3.63, 3.8) is 0 Å². The summed E-state index contributed by atoms with van der Waals surface area (Å²) in [5.41, 5.74) is 1.50. The number of rotatable bonds is 32. The molecule has 4 aliphatic rings. The number of nitrogens with one attached hydrogen (secondary N) is 2. The van der Waals surface area contributed by atoms with E-state index in [9.17, 15) is 28.8 Å². The largest absolute Gasteiger partial charge is 0.354 e. The summed E-state index contributed by atoms with van der Waals surface area (Å²) >= 11 is 5.37. The monoisotopic (exact) mass is 1250 g/mol. The number of thioether (sulfide) groups is 4. The second-order valence-corrected chi connectivity index (χ2v) is 28.4. The molecule has 0 saturated heterocycles. The van der Waals surface area contributed by atoms with Gasteiger partial charge in [0.1, 0.15) is 12.1 Å². The Morgan fingerprint density at radius 3 is 1.02 bits per heavy atom. The van der Waals surface area contributed by atoms with E-state index in [1.54, 1.807) is 31.3 Å². The van der Waals surface area contributed by atoms with Crippen LogP contribution in [0, 0.1) is 11.8 Å². The summed E-state index contributed by atoms with van der Waals surface area (Å²) in [6.07, 6.45) is 8.01. The molecule has 4 aromatic rings. The number of hydrogen-bond donors (Lipinski definition) is 2. The van der Waals surface area contributed by atoms with Crippen LogP contribution in [0.15, 0.2) is 43.8 Å². The number of amides is 10. The van der Waals surface area contributed by atoms with Gasteiger partial charge in [-0.15, -0.1) is 47.0 Å². The molecule has 0 aromatic heterocycles. The highest BCUT2D eigenvalue weighted by molar-refractivity contribution is 8.00. The highest BCUT2D eigenvalue weighted by Gasteiger charge is 2.48. The number of unbranched alkanes of at least 4 members (excludes halogenated alkanes) is 6. The van der Waals surface area contributed by atoms with Crippen molar-refractivity contribution in [2.45, 2.75) is 165 Å². The molecule has 462 valence electrons. The summed E-state index contributed by atoms with van der Waals surface area (Å²) in [6, 6.07) is 4.42. The average Bonchev–Trinajstić information content (AvgIpc) is 0.733. The first-order chi connectivity index (χ1) is 41.2. The molecule has 2 unspecified atom stereocenters. The number of nitrogens with zero attached hydrogens (tertiary/aromatic N) is 5. The molecular formula is C65H83N7O10S4. The summed E-state index contributed by atoms with van der Waals surface area (Å²) < 4.78 is 0. The van der Waals surface area contributed by atoms with Crippen LogP contribution in [-0.4, -0.2) is 165 Å². The maximum atomic E-state index is 15.0. The maximum absolute atomic E-state index is 15.0. The molecule has 17 nitrogen and oxygen atoms in total. The minimum absolute atomic E-state index is 0.0453. The summed E-state index contributed by atoms with van der Waals surface area (Å²) in [5.74, 6) is -3.79. The third-order valence-electron chi connectivity index (χ3n) is 16.2. The van der Waals surface area contributed by atoms with Gasteiger partial charge >= 0.3 is 0 Å². The van der Waals surface area contributed by atoms with E-state index in [4.69, 9.17) is 0 Å². The van der Waals surface area contributed by atoms with Crippen LogP contribution in [0.4, 0.5) is 0 Å². The van der Waals surface area contributed by atoms with Crippen LogP contribution in [0.1, 0.15) is 216 Å². The van der Waals surface area contributed by atoms with Crippen LogP contribution >= 0.6 is 47.0 Å². The highest BCUT2D eigenvalue weighted by Crippen LogP contribution is 2.48. The van der Waals surface area contributed by atoms with E-state index >= 15 is 19.2 Å². The van der Waals surface area contributed by atoms with Crippen molar-refractivity contribution in [2.24, 2.45) is 11.8 Å². The van der Waals surface area contributed by atoms with Crippen LogP contribution in [0.3, 0.4) is 0 Å². The smallest absolute Gasteiger partial charge is 0.263 e. The summed E-state index contributed by atoms with van der Waals surface area (Å²) in [7, 11) is 1.77. The van der Waals surface area contributed by atoms with E-state index in [1.165, 1.54) is 56.8 Å². The van der Waals surface area contributed by atoms with Crippen molar-refractivity contribution in [3.8, 4) is 0 Å². The minimum atomic E-state index is -1.09. The fourth-order valence-corrected chi connectivity index (χ4v) is 15.5. The number of carbonyl (C=O) groups excluding carboxylic acids is 10. The molecule has 0 bridgehead atoms. The second-order valence-electron chi connectivity index (χ2n) is 23.2. The van der Waals surface area contributed by atoms with E-state index in [-0.39, 0.29) is 117 Å². The normalized spacial score (nSPS) is 15.5. The maximum Gasteiger partial charge on any atom is 0.263 e. The van der Waals surface area contributed by atoms with Crippen molar-refractivity contribution in [1.82, 2.24) is 35.1 Å². The minimum Gasteiger partial charge on any atom is -0.354 e. The van der Waals surface area contributed by atoms with Crippen molar-refractivity contribution < 1.29 is 47.9 Å². The zero-order valence-electron chi connectivity index (χ0n) is 51.7. The van der Waals surface area contributed by atoms with Gasteiger partial charge in [0.15, 0.2) is 0 Å². The lowest BCUT2D eigenvalue weighted by Crippen LogP contribution is -2.54. The van der Waals surface area contributed by atoms with Crippen LogP contribution in [0.25, 0.3) is 21.5 Å². The number of imide groups is 4. The Morgan fingerprint density at radius 2 is 0.733 bits per heavy atom. The Morgan fingerprint density at radius 1 is 0.430 bits per heavy atom. The lowest BCUT2D eigenvalue weighted by Gasteiger charge is -2.37. The molecule has 0 spiro atoms. The molecular weight excluding hydrogens is 1170 g/mol. The van der Waals surface area contributed by atoms with Gasteiger partial charge in [-0.05, 0) is 91.8 Å². The second kappa shape index (κ2) is 29.1. The van der Waals surface area contributed by atoms with E-state index in [1.807, 2.05) is 60.3 Å². The van der Waals surface area contributed by atoms with Crippen molar-refractivity contribution in [3.05, 3.63) is 68.8 Å². The zero-order chi connectivity index (χ0) is 62.4. The third kappa shape index (κ3) is 12.9. The molecule has 4 aromatic carbocycles.